The van der Waals surface area contributed by atoms with Gasteiger partial charge in [-0.25, -0.2) is 4.98 Å². The van der Waals surface area contributed by atoms with E-state index in [1.165, 1.54) is 12.8 Å². The van der Waals surface area contributed by atoms with Crippen molar-refractivity contribution in [1.29, 1.82) is 0 Å². The lowest BCUT2D eigenvalue weighted by Gasteiger charge is -2.38. The molecule has 0 aliphatic carbocycles. The predicted molar refractivity (Wildman–Crippen MR) is 66.4 cm³/mol. The summed E-state index contributed by atoms with van der Waals surface area (Å²) in [6.45, 7) is 7.68. The molecule has 1 fully saturated rings. The molecule has 2 rings (SSSR count). The summed E-state index contributed by atoms with van der Waals surface area (Å²) in [6.07, 6.45) is 4.26. The van der Waals surface area contributed by atoms with Crippen LogP contribution in [0.5, 0.6) is 0 Å². The lowest BCUT2D eigenvalue weighted by Crippen LogP contribution is -2.41. The number of hydrogen-bond acceptors (Lipinski definition) is 4. The van der Waals surface area contributed by atoms with Crippen molar-refractivity contribution in [2.75, 3.05) is 17.2 Å². The van der Waals surface area contributed by atoms with Crippen LogP contribution in [0.1, 0.15) is 32.3 Å². The van der Waals surface area contributed by atoms with Crippen molar-refractivity contribution >= 4 is 11.8 Å². The third-order valence-electron chi connectivity index (χ3n) is 3.37. The highest BCUT2D eigenvalue weighted by molar-refractivity contribution is 5.49. The van der Waals surface area contributed by atoms with Crippen LogP contribution in [-0.4, -0.2) is 22.6 Å². The molecule has 2 atom stereocenters. The first-order valence-electron chi connectivity index (χ1n) is 5.93. The molecule has 0 amide bonds. The van der Waals surface area contributed by atoms with Gasteiger partial charge in [-0.3, -0.25) is 0 Å². The third-order valence-corrected chi connectivity index (χ3v) is 3.37. The summed E-state index contributed by atoms with van der Waals surface area (Å²) in [5, 5.41) is 0. The molecule has 2 heterocycles. The maximum Gasteiger partial charge on any atom is 0.221 e. The minimum Gasteiger partial charge on any atom is -0.368 e. The van der Waals surface area contributed by atoms with E-state index in [1.807, 2.05) is 13.1 Å². The molecule has 0 spiro atoms. The maximum absolute atomic E-state index is 5.66. The van der Waals surface area contributed by atoms with E-state index in [0.29, 0.717) is 12.0 Å². The van der Waals surface area contributed by atoms with Crippen LogP contribution in [0.4, 0.5) is 11.8 Å². The van der Waals surface area contributed by atoms with Gasteiger partial charge in [0, 0.05) is 24.3 Å². The minimum absolute atomic E-state index is 0.367. The quantitative estimate of drug-likeness (QED) is 0.786. The van der Waals surface area contributed by atoms with Crippen LogP contribution in [0.2, 0.25) is 0 Å². The smallest absolute Gasteiger partial charge is 0.221 e. The highest BCUT2D eigenvalue weighted by atomic mass is 15.2. The fourth-order valence-corrected chi connectivity index (χ4v) is 2.46. The molecule has 1 aliphatic rings. The second-order valence-electron chi connectivity index (χ2n) is 4.91. The molecular formula is C12H20N4. The zero-order valence-electron chi connectivity index (χ0n) is 10.3. The normalized spacial score (nSPS) is 25.8. The fraction of sp³-hybridized carbons (Fsp3) is 0.667. The highest BCUT2D eigenvalue weighted by Crippen LogP contribution is 2.28. The van der Waals surface area contributed by atoms with Gasteiger partial charge >= 0.3 is 0 Å². The number of aryl methyl sites for hydroxylation is 1. The Balaban J connectivity index is 2.26. The summed E-state index contributed by atoms with van der Waals surface area (Å²) in [7, 11) is 0. The predicted octanol–water partition coefficient (Wildman–Crippen LogP) is 1.99. The van der Waals surface area contributed by atoms with E-state index < -0.39 is 0 Å². The summed E-state index contributed by atoms with van der Waals surface area (Å²) < 4.78 is 0. The Morgan fingerprint density at radius 1 is 1.44 bits per heavy atom. The lowest BCUT2D eigenvalue weighted by atomic mass is 9.93. The number of hydrogen-bond donors (Lipinski definition) is 1. The molecule has 88 valence electrons. The maximum atomic E-state index is 5.66. The van der Waals surface area contributed by atoms with Gasteiger partial charge in [-0.2, -0.15) is 4.98 Å². The van der Waals surface area contributed by atoms with Gasteiger partial charge in [0.15, 0.2) is 0 Å². The van der Waals surface area contributed by atoms with Crippen molar-refractivity contribution in [3.8, 4) is 0 Å². The number of nitrogens with zero attached hydrogens (tertiary/aromatic N) is 3. The van der Waals surface area contributed by atoms with Crippen molar-refractivity contribution in [1.82, 2.24) is 9.97 Å². The summed E-state index contributed by atoms with van der Waals surface area (Å²) >= 11 is 0. The number of piperidine rings is 1. The average molecular weight is 220 g/mol. The van der Waals surface area contributed by atoms with Crippen LogP contribution in [0.25, 0.3) is 0 Å². The van der Waals surface area contributed by atoms with E-state index in [4.69, 9.17) is 5.73 Å². The minimum atomic E-state index is 0.367. The van der Waals surface area contributed by atoms with Crippen LogP contribution in [0.3, 0.4) is 0 Å². The molecule has 0 aromatic carbocycles. The third kappa shape index (κ3) is 2.10. The summed E-state index contributed by atoms with van der Waals surface area (Å²) in [6, 6.07) is 0.539. The summed E-state index contributed by atoms with van der Waals surface area (Å²) in [4.78, 5) is 10.7. The van der Waals surface area contributed by atoms with Gasteiger partial charge in [0.1, 0.15) is 5.82 Å². The molecule has 2 unspecified atom stereocenters. The fourth-order valence-electron chi connectivity index (χ4n) is 2.46. The van der Waals surface area contributed by atoms with Crippen molar-refractivity contribution in [2.24, 2.45) is 5.92 Å². The SMILES string of the molecule is Cc1cnc(N)nc1N1CCC(C)CC1C. The zero-order chi connectivity index (χ0) is 11.7. The van der Waals surface area contributed by atoms with Crippen LogP contribution in [-0.2, 0) is 0 Å². The van der Waals surface area contributed by atoms with Gasteiger partial charge in [0.25, 0.3) is 0 Å². The number of nitrogens with two attached hydrogens (primary N) is 1. The standard InChI is InChI=1S/C12H20N4/c1-8-4-5-16(10(3)6-8)11-9(2)7-14-12(13)15-11/h7-8,10H,4-6H2,1-3H3,(H2,13,14,15). The van der Waals surface area contributed by atoms with E-state index in [-0.39, 0.29) is 0 Å². The van der Waals surface area contributed by atoms with E-state index in [0.717, 1.165) is 23.8 Å². The monoisotopic (exact) mass is 220 g/mol. The van der Waals surface area contributed by atoms with Gasteiger partial charge in [0.05, 0.1) is 0 Å². The largest absolute Gasteiger partial charge is 0.368 e. The number of rotatable bonds is 1. The van der Waals surface area contributed by atoms with Gasteiger partial charge < -0.3 is 10.6 Å². The molecule has 4 nitrogen and oxygen atoms in total. The van der Waals surface area contributed by atoms with Crippen LogP contribution in [0.15, 0.2) is 6.20 Å². The average Bonchev–Trinajstić information content (AvgIpc) is 2.22. The van der Waals surface area contributed by atoms with Gasteiger partial charge in [-0.15, -0.1) is 0 Å². The molecule has 0 saturated carbocycles. The van der Waals surface area contributed by atoms with Crippen LogP contribution < -0.4 is 10.6 Å². The van der Waals surface area contributed by atoms with Crippen molar-refractivity contribution in [3.05, 3.63) is 11.8 Å². The van der Waals surface area contributed by atoms with Crippen LogP contribution in [0, 0.1) is 12.8 Å². The van der Waals surface area contributed by atoms with E-state index in [1.54, 1.807) is 0 Å². The van der Waals surface area contributed by atoms with Crippen LogP contribution >= 0.6 is 0 Å². The Hall–Kier alpha value is -1.32. The van der Waals surface area contributed by atoms with E-state index >= 15 is 0 Å². The molecule has 4 heteroatoms. The molecular weight excluding hydrogens is 200 g/mol. The van der Waals surface area contributed by atoms with Crippen molar-refractivity contribution in [2.45, 2.75) is 39.7 Å². The second kappa shape index (κ2) is 4.28. The molecule has 0 bridgehead atoms. The molecule has 1 aromatic rings. The summed E-state index contributed by atoms with van der Waals surface area (Å²) in [5.41, 5.74) is 6.77. The molecule has 1 saturated heterocycles. The molecule has 16 heavy (non-hydrogen) atoms. The lowest BCUT2D eigenvalue weighted by molar-refractivity contribution is 0.375. The molecule has 2 N–H and O–H groups in total. The van der Waals surface area contributed by atoms with Crippen molar-refractivity contribution < 1.29 is 0 Å². The number of aromatic nitrogens is 2. The molecule has 0 radical (unpaired) electrons. The first-order valence-corrected chi connectivity index (χ1v) is 5.93. The van der Waals surface area contributed by atoms with Gasteiger partial charge in [0.2, 0.25) is 5.95 Å². The summed E-state index contributed by atoms with van der Waals surface area (Å²) in [5.74, 6) is 2.18. The number of anilines is 2. The second-order valence-corrected chi connectivity index (χ2v) is 4.91. The Kier molecular flexibility index (Phi) is 2.99. The zero-order valence-corrected chi connectivity index (χ0v) is 10.3. The van der Waals surface area contributed by atoms with E-state index in [2.05, 4.69) is 28.7 Å². The van der Waals surface area contributed by atoms with Gasteiger partial charge in [-0.05, 0) is 32.6 Å². The Bertz CT molecular complexity index is 377. The highest BCUT2D eigenvalue weighted by Gasteiger charge is 2.25. The first-order chi connectivity index (χ1) is 7.58. The van der Waals surface area contributed by atoms with E-state index in [9.17, 15) is 0 Å². The Morgan fingerprint density at radius 2 is 2.19 bits per heavy atom. The Labute approximate surface area is 96.9 Å². The number of nitrogen functional groups attached to an aromatic ring is 1. The Morgan fingerprint density at radius 3 is 2.88 bits per heavy atom. The first kappa shape index (κ1) is 11.2. The molecule has 1 aromatic heterocycles. The topological polar surface area (TPSA) is 55.0 Å². The molecule has 1 aliphatic heterocycles. The van der Waals surface area contributed by atoms with Gasteiger partial charge in [-0.1, -0.05) is 6.92 Å². The van der Waals surface area contributed by atoms with Crippen molar-refractivity contribution in [3.63, 3.8) is 0 Å².